The highest BCUT2D eigenvalue weighted by Gasteiger charge is 2.28. The van der Waals surface area contributed by atoms with Crippen molar-refractivity contribution >= 4 is 21.6 Å². The maximum atomic E-state index is 13.0. The third-order valence-electron chi connectivity index (χ3n) is 5.69. The molecule has 1 atom stereocenters. The van der Waals surface area contributed by atoms with Crippen LogP contribution in [-0.4, -0.2) is 44.4 Å². The summed E-state index contributed by atoms with van der Waals surface area (Å²) in [5, 5.41) is 3.45. The molecule has 29 heavy (non-hydrogen) atoms. The molecule has 0 aromatic heterocycles. The third kappa shape index (κ3) is 4.79. The number of anilines is 1. The van der Waals surface area contributed by atoms with E-state index >= 15 is 0 Å². The van der Waals surface area contributed by atoms with E-state index in [1.165, 1.54) is 6.07 Å². The predicted molar refractivity (Wildman–Crippen MR) is 113 cm³/mol. The van der Waals surface area contributed by atoms with E-state index in [0.717, 1.165) is 37.8 Å². The minimum Gasteiger partial charge on any atom is -0.380 e. The Bertz CT molecular complexity index is 956. The summed E-state index contributed by atoms with van der Waals surface area (Å²) in [6, 6.07) is 16.5. The molecule has 0 spiro atoms. The average Bonchev–Trinajstić information content (AvgIpc) is 3.40. The molecule has 0 bridgehead atoms. The van der Waals surface area contributed by atoms with Crippen LogP contribution in [0.15, 0.2) is 59.5 Å². The SMILES string of the molecule is O=C(c1cccc(S(=O)(=O)NC2CCCC2)c1)N1CCC(Nc2ccccc2)C1. The van der Waals surface area contributed by atoms with Crippen LogP contribution in [0.25, 0.3) is 0 Å². The smallest absolute Gasteiger partial charge is 0.253 e. The van der Waals surface area contributed by atoms with Crippen molar-refractivity contribution in [2.24, 2.45) is 0 Å². The van der Waals surface area contributed by atoms with E-state index < -0.39 is 10.0 Å². The predicted octanol–water partition coefficient (Wildman–Crippen LogP) is 3.23. The lowest BCUT2D eigenvalue weighted by Gasteiger charge is -2.18. The van der Waals surface area contributed by atoms with E-state index in [1.54, 1.807) is 23.1 Å². The Morgan fingerprint density at radius 3 is 2.45 bits per heavy atom. The van der Waals surface area contributed by atoms with Crippen LogP contribution >= 0.6 is 0 Å². The van der Waals surface area contributed by atoms with Gasteiger partial charge in [0.25, 0.3) is 5.91 Å². The van der Waals surface area contributed by atoms with Crippen LogP contribution in [-0.2, 0) is 10.0 Å². The molecular weight excluding hydrogens is 386 g/mol. The van der Waals surface area contributed by atoms with Crippen LogP contribution in [0.2, 0.25) is 0 Å². The number of nitrogens with one attached hydrogen (secondary N) is 2. The molecule has 7 heteroatoms. The Hall–Kier alpha value is -2.38. The molecular formula is C22H27N3O3S. The Morgan fingerprint density at radius 1 is 0.931 bits per heavy atom. The molecule has 154 valence electrons. The Morgan fingerprint density at radius 2 is 1.69 bits per heavy atom. The van der Waals surface area contributed by atoms with Crippen LogP contribution in [0.5, 0.6) is 0 Å². The fraction of sp³-hybridized carbons (Fsp3) is 0.409. The summed E-state index contributed by atoms with van der Waals surface area (Å²) in [7, 11) is -3.61. The zero-order chi connectivity index (χ0) is 20.3. The fourth-order valence-corrected chi connectivity index (χ4v) is 5.49. The quantitative estimate of drug-likeness (QED) is 0.762. The molecule has 2 aliphatic rings. The highest BCUT2D eigenvalue weighted by molar-refractivity contribution is 7.89. The van der Waals surface area contributed by atoms with Crippen molar-refractivity contribution < 1.29 is 13.2 Å². The first kappa shape index (κ1) is 19.9. The van der Waals surface area contributed by atoms with Gasteiger partial charge in [0.05, 0.1) is 4.90 Å². The van der Waals surface area contributed by atoms with Gasteiger partial charge in [0.15, 0.2) is 0 Å². The molecule has 2 aromatic rings. The molecule has 2 fully saturated rings. The van der Waals surface area contributed by atoms with E-state index in [1.807, 2.05) is 30.3 Å². The minimum atomic E-state index is -3.61. The normalized spacial score (nSPS) is 20.1. The minimum absolute atomic E-state index is 0.00255. The molecule has 1 aliphatic heterocycles. The second kappa shape index (κ2) is 8.55. The summed E-state index contributed by atoms with van der Waals surface area (Å²) in [6.45, 7) is 1.26. The molecule has 1 aliphatic carbocycles. The van der Waals surface area contributed by atoms with Gasteiger partial charge in [-0.1, -0.05) is 37.1 Å². The number of carbonyl (C=O) groups excluding carboxylic acids is 1. The Labute approximate surface area is 172 Å². The summed E-state index contributed by atoms with van der Waals surface area (Å²) in [6.07, 6.45) is 4.72. The van der Waals surface area contributed by atoms with Gasteiger partial charge in [-0.05, 0) is 49.6 Å². The second-order valence-corrected chi connectivity index (χ2v) is 9.59. The molecule has 4 rings (SSSR count). The maximum absolute atomic E-state index is 13.0. The molecule has 0 radical (unpaired) electrons. The first-order valence-electron chi connectivity index (χ1n) is 10.2. The van der Waals surface area contributed by atoms with Crippen LogP contribution in [0.1, 0.15) is 42.5 Å². The topological polar surface area (TPSA) is 78.5 Å². The number of amides is 1. The van der Waals surface area contributed by atoms with Crippen molar-refractivity contribution in [3.05, 3.63) is 60.2 Å². The lowest BCUT2D eigenvalue weighted by molar-refractivity contribution is 0.0791. The standard InChI is InChI=1S/C22H27N3O3S/c26-22(25-14-13-20(16-25)23-18-8-2-1-3-9-18)17-7-6-12-21(15-17)29(27,28)24-19-10-4-5-11-19/h1-3,6-9,12,15,19-20,23-24H,4-5,10-11,13-14,16H2. The zero-order valence-electron chi connectivity index (χ0n) is 16.4. The number of carbonyl (C=O) groups is 1. The summed E-state index contributed by atoms with van der Waals surface area (Å²) >= 11 is 0. The summed E-state index contributed by atoms with van der Waals surface area (Å²) in [5.74, 6) is -0.125. The molecule has 2 aromatic carbocycles. The number of rotatable bonds is 6. The first-order valence-corrected chi connectivity index (χ1v) is 11.7. The van der Waals surface area contributed by atoms with E-state index in [0.29, 0.717) is 18.7 Å². The number of benzene rings is 2. The summed E-state index contributed by atoms with van der Waals surface area (Å²) in [5.41, 5.74) is 1.46. The number of hydrogen-bond donors (Lipinski definition) is 2. The maximum Gasteiger partial charge on any atom is 0.253 e. The number of hydrogen-bond acceptors (Lipinski definition) is 4. The molecule has 6 nitrogen and oxygen atoms in total. The first-order chi connectivity index (χ1) is 14.0. The van der Waals surface area contributed by atoms with Crippen molar-refractivity contribution in [1.29, 1.82) is 0 Å². The van der Waals surface area contributed by atoms with Crippen molar-refractivity contribution in [2.75, 3.05) is 18.4 Å². The summed E-state index contributed by atoms with van der Waals surface area (Å²) in [4.78, 5) is 14.9. The molecule has 1 heterocycles. The van der Waals surface area contributed by atoms with E-state index in [9.17, 15) is 13.2 Å². The van der Waals surface area contributed by atoms with Gasteiger partial charge in [-0.25, -0.2) is 13.1 Å². The number of para-hydroxylation sites is 1. The molecule has 2 N–H and O–H groups in total. The van der Waals surface area contributed by atoms with E-state index in [-0.39, 0.29) is 22.9 Å². The summed E-state index contributed by atoms with van der Waals surface area (Å²) < 4.78 is 28.2. The fourth-order valence-electron chi connectivity index (χ4n) is 4.14. The lowest BCUT2D eigenvalue weighted by Crippen LogP contribution is -2.33. The van der Waals surface area contributed by atoms with Gasteiger partial charge < -0.3 is 10.2 Å². The zero-order valence-corrected chi connectivity index (χ0v) is 17.2. The van der Waals surface area contributed by atoms with E-state index in [2.05, 4.69) is 10.0 Å². The van der Waals surface area contributed by atoms with Crippen LogP contribution in [0, 0.1) is 0 Å². The van der Waals surface area contributed by atoms with Gasteiger partial charge in [0.2, 0.25) is 10.0 Å². The number of sulfonamides is 1. The molecule has 1 saturated heterocycles. The van der Waals surface area contributed by atoms with Crippen molar-refractivity contribution in [1.82, 2.24) is 9.62 Å². The Balaban J connectivity index is 1.42. The largest absolute Gasteiger partial charge is 0.380 e. The van der Waals surface area contributed by atoms with Gasteiger partial charge in [-0.2, -0.15) is 0 Å². The number of likely N-dealkylation sites (tertiary alicyclic amines) is 1. The van der Waals surface area contributed by atoms with Crippen molar-refractivity contribution in [2.45, 2.75) is 49.1 Å². The monoisotopic (exact) mass is 413 g/mol. The number of nitrogens with zero attached hydrogens (tertiary/aromatic N) is 1. The van der Waals surface area contributed by atoms with Gasteiger partial charge in [-0.3, -0.25) is 4.79 Å². The van der Waals surface area contributed by atoms with Gasteiger partial charge in [0, 0.05) is 36.4 Å². The lowest BCUT2D eigenvalue weighted by atomic mass is 10.2. The van der Waals surface area contributed by atoms with Gasteiger partial charge in [0.1, 0.15) is 0 Å². The van der Waals surface area contributed by atoms with Crippen molar-refractivity contribution in [3.8, 4) is 0 Å². The van der Waals surface area contributed by atoms with Crippen LogP contribution in [0.3, 0.4) is 0 Å². The van der Waals surface area contributed by atoms with Crippen LogP contribution < -0.4 is 10.0 Å². The highest BCUT2D eigenvalue weighted by atomic mass is 32.2. The highest BCUT2D eigenvalue weighted by Crippen LogP contribution is 2.22. The average molecular weight is 414 g/mol. The van der Waals surface area contributed by atoms with Crippen LogP contribution in [0.4, 0.5) is 5.69 Å². The van der Waals surface area contributed by atoms with Gasteiger partial charge in [-0.15, -0.1) is 0 Å². The van der Waals surface area contributed by atoms with Gasteiger partial charge >= 0.3 is 0 Å². The second-order valence-electron chi connectivity index (χ2n) is 7.88. The molecule has 1 saturated carbocycles. The third-order valence-corrected chi connectivity index (χ3v) is 7.21. The van der Waals surface area contributed by atoms with E-state index in [4.69, 9.17) is 0 Å². The molecule has 1 unspecified atom stereocenters. The molecule has 1 amide bonds. The van der Waals surface area contributed by atoms with Crippen molar-refractivity contribution in [3.63, 3.8) is 0 Å². The Kier molecular flexibility index (Phi) is 5.87.